The highest BCUT2D eigenvalue weighted by atomic mass is 35.5. The van der Waals surface area contributed by atoms with E-state index in [4.69, 9.17) is 16.0 Å². The lowest BCUT2D eigenvalue weighted by Gasteiger charge is -2.15. The second-order valence-electron chi connectivity index (χ2n) is 7.42. The molecule has 1 aromatic carbocycles. The van der Waals surface area contributed by atoms with Gasteiger partial charge < -0.3 is 8.98 Å². The van der Waals surface area contributed by atoms with Crippen LogP contribution in [0.1, 0.15) is 17.3 Å². The highest BCUT2D eigenvalue weighted by Crippen LogP contribution is 2.31. The van der Waals surface area contributed by atoms with Crippen molar-refractivity contribution in [1.82, 2.24) is 24.7 Å². The maximum atomic E-state index is 6.57. The van der Waals surface area contributed by atoms with Crippen molar-refractivity contribution in [3.63, 3.8) is 0 Å². The van der Waals surface area contributed by atoms with Gasteiger partial charge in [-0.25, -0.2) is 0 Å². The Morgan fingerprint density at radius 3 is 2.50 bits per heavy atom. The largest absolute Gasteiger partial charge is 0.421 e. The maximum Gasteiger partial charge on any atom is 0.249 e. The third kappa shape index (κ3) is 4.05. The van der Waals surface area contributed by atoms with E-state index in [1.165, 1.54) is 0 Å². The van der Waals surface area contributed by atoms with Gasteiger partial charge in [0.2, 0.25) is 11.8 Å². The fourth-order valence-corrected chi connectivity index (χ4v) is 3.86. The highest BCUT2D eigenvalue weighted by molar-refractivity contribution is 6.32. The summed E-state index contributed by atoms with van der Waals surface area (Å²) < 4.78 is 8.07. The van der Waals surface area contributed by atoms with E-state index in [0.29, 0.717) is 29.6 Å². The van der Waals surface area contributed by atoms with E-state index in [9.17, 15) is 0 Å². The molecule has 158 valence electrons. The number of hydrogen-bond acceptors (Lipinski definition) is 5. The van der Waals surface area contributed by atoms with E-state index in [1.807, 2.05) is 55.5 Å². The van der Waals surface area contributed by atoms with Crippen molar-refractivity contribution in [2.75, 3.05) is 0 Å². The minimum atomic E-state index is 0.478. The monoisotopic (exact) mass is 441 g/mol. The van der Waals surface area contributed by atoms with Gasteiger partial charge in [-0.2, -0.15) is 0 Å². The molecule has 0 saturated heterocycles. The molecule has 0 radical (unpaired) electrons. The molecule has 5 rings (SSSR count). The predicted octanol–water partition coefficient (Wildman–Crippen LogP) is 5.73. The molecule has 6 nitrogen and oxygen atoms in total. The van der Waals surface area contributed by atoms with Crippen LogP contribution in [0.15, 0.2) is 83.7 Å². The molecule has 0 amide bonds. The van der Waals surface area contributed by atoms with Gasteiger partial charge in [0.05, 0.1) is 22.0 Å². The first kappa shape index (κ1) is 20.2. The van der Waals surface area contributed by atoms with E-state index in [1.54, 1.807) is 18.6 Å². The molecule has 0 aliphatic carbocycles. The number of hydrogen-bond donors (Lipinski definition) is 0. The molecule has 7 heteroatoms. The Labute approximate surface area is 190 Å². The molecule has 0 aliphatic rings. The molecule has 32 heavy (non-hydrogen) atoms. The molecule has 0 saturated carbocycles. The number of nitrogens with zero attached hydrogens (tertiary/aromatic N) is 5. The van der Waals surface area contributed by atoms with Gasteiger partial charge in [-0.15, -0.1) is 10.2 Å². The SMILES string of the molecule is Cc1ccc(-c2nnc(CCc3ccc(-c4ccncc4)n3-c3ccccc3Cl)o2)cn1. The lowest BCUT2D eigenvalue weighted by atomic mass is 10.2. The summed E-state index contributed by atoms with van der Waals surface area (Å²) in [6, 6.07) is 19.9. The van der Waals surface area contributed by atoms with E-state index in [-0.39, 0.29) is 0 Å². The lowest BCUT2D eigenvalue weighted by molar-refractivity contribution is 0.503. The zero-order valence-electron chi connectivity index (χ0n) is 17.4. The van der Waals surface area contributed by atoms with Crippen LogP contribution in [0.25, 0.3) is 28.4 Å². The average Bonchev–Trinajstić information content (AvgIpc) is 3.46. The molecule has 0 bridgehead atoms. The van der Waals surface area contributed by atoms with Gasteiger partial charge in [-0.1, -0.05) is 23.7 Å². The Bertz CT molecular complexity index is 1340. The molecule has 0 spiro atoms. The summed E-state index contributed by atoms with van der Waals surface area (Å²) in [5.41, 5.74) is 5.90. The second-order valence-corrected chi connectivity index (χ2v) is 7.83. The number of aryl methyl sites for hydroxylation is 3. The van der Waals surface area contributed by atoms with Crippen LogP contribution in [0.2, 0.25) is 5.02 Å². The first-order valence-corrected chi connectivity index (χ1v) is 10.7. The van der Waals surface area contributed by atoms with Crippen LogP contribution in [-0.4, -0.2) is 24.7 Å². The van der Waals surface area contributed by atoms with Crippen LogP contribution < -0.4 is 0 Å². The van der Waals surface area contributed by atoms with Gasteiger partial charge in [0, 0.05) is 42.0 Å². The number of rotatable bonds is 6. The summed E-state index contributed by atoms with van der Waals surface area (Å²) in [5.74, 6) is 1.06. The van der Waals surface area contributed by atoms with Crippen LogP contribution in [-0.2, 0) is 12.8 Å². The van der Waals surface area contributed by atoms with Crippen LogP contribution in [0.5, 0.6) is 0 Å². The van der Waals surface area contributed by atoms with Gasteiger partial charge >= 0.3 is 0 Å². The summed E-state index contributed by atoms with van der Waals surface area (Å²) in [7, 11) is 0. The molecule has 4 heterocycles. The topological polar surface area (TPSA) is 69.6 Å². The minimum absolute atomic E-state index is 0.478. The van der Waals surface area contributed by atoms with Crippen molar-refractivity contribution in [3.05, 3.63) is 102 Å². The van der Waals surface area contributed by atoms with Gasteiger partial charge in [0.25, 0.3) is 0 Å². The summed E-state index contributed by atoms with van der Waals surface area (Å²) in [6.07, 6.45) is 6.65. The van der Waals surface area contributed by atoms with Crippen molar-refractivity contribution < 1.29 is 4.42 Å². The molecule has 5 aromatic rings. The Hall–Kier alpha value is -3.77. The summed E-state index contributed by atoms with van der Waals surface area (Å²) in [4.78, 5) is 8.43. The fraction of sp³-hybridized carbons (Fsp3) is 0.120. The zero-order chi connectivity index (χ0) is 21.9. The van der Waals surface area contributed by atoms with E-state index >= 15 is 0 Å². The van der Waals surface area contributed by atoms with E-state index in [0.717, 1.165) is 33.9 Å². The maximum absolute atomic E-state index is 6.57. The summed E-state index contributed by atoms with van der Waals surface area (Å²) in [6.45, 7) is 1.94. The molecule has 0 aliphatic heterocycles. The summed E-state index contributed by atoms with van der Waals surface area (Å²) >= 11 is 6.57. The fourth-order valence-electron chi connectivity index (χ4n) is 3.64. The number of halogens is 1. The molecule has 0 unspecified atom stereocenters. The third-order valence-corrected chi connectivity index (χ3v) is 5.57. The Morgan fingerprint density at radius 1 is 0.875 bits per heavy atom. The van der Waals surface area contributed by atoms with Crippen LogP contribution in [0.4, 0.5) is 0 Å². The Balaban J connectivity index is 1.45. The minimum Gasteiger partial charge on any atom is -0.421 e. The number of benzene rings is 1. The lowest BCUT2D eigenvalue weighted by Crippen LogP contribution is -2.04. The second kappa shape index (κ2) is 8.77. The molecular weight excluding hydrogens is 422 g/mol. The van der Waals surface area contributed by atoms with Crippen molar-refractivity contribution in [2.24, 2.45) is 0 Å². The molecule has 0 N–H and O–H groups in total. The predicted molar refractivity (Wildman–Crippen MR) is 124 cm³/mol. The van der Waals surface area contributed by atoms with Crippen molar-refractivity contribution in [1.29, 1.82) is 0 Å². The first-order valence-electron chi connectivity index (χ1n) is 10.3. The smallest absolute Gasteiger partial charge is 0.249 e. The number of para-hydroxylation sites is 1. The van der Waals surface area contributed by atoms with Crippen molar-refractivity contribution in [3.8, 4) is 28.4 Å². The highest BCUT2D eigenvalue weighted by Gasteiger charge is 2.16. The van der Waals surface area contributed by atoms with E-state index in [2.05, 4.69) is 36.9 Å². The number of pyridine rings is 2. The quantitative estimate of drug-likeness (QED) is 0.336. The molecule has 0 atom stereocenters. The van der Waals surface area contributed by atoms with Crippen LogP contribution in [0, 0.1) is 6.92 Å². The van der Waals surface area contributed by atoms with Crippen molar-refractivity contribution >= 4 is 11.6 Å². The third-order valence-electron chi connectivity index (χ3n) is 5.25. The first-order chi connectivity index (χ1) is 15.7. The van der Waals surface area contributed by atoms with E-state index < -0.39 is 0 Å². The van der Waals surface area contributed by atoms with Gasteiger partial charge in [0.1, 0.15) is 0 Å². The average molecular weight is 442 g/mol. The van der Waals surface area contributed by atoms with Gasteiger partial charge in [-0.3, -0.25) is 9.97 Å². The van der Waals surface area contributed by atoms with Gasteiger partial charge in [-0.05, 0) is 61.9 Å². The van der Waals surface area contributed by atoms with Gasteiger partial charge in [0.15, 0.2) is 0 Å². The van der Waals surface area contributed by atoms with Crippen molar-refractivity contribution in [2.45, 2.75) is 19.8 Å². The molecule has 4 aromatic heterocycles. The van der Waals surface area contributed by atoms with Crippen LogP contribution in [0.3, 0.4) is 0 Å². The normalized spacial score (nSPS) is 11.1. The standard InChI is InChI=1S/C25H20ClN5O/c1-17-6-7-19(16-28-17)25-30-29-24(32-25)11-9-20-8-10-22(18-12-14-27-15-13-18)31(20)23-5-3-2-4-21(23)26/h2-8,10,12-16H,9,11H2,1H3. The molecular formula is C25H20ClN5O. The summed E-state index contributed by atoms with van der Waals surface area (Å²) in [5, 5.41) is 9.10. The Morgan fingerprint density at radius 2 is 1.72 bits per heavy atom. The zero-order valence-corrected chi connectivity index (χ0v) is 18.2. The Kier molecular flexibility index (Phi) is 5.52. The number of aromatic nitrogens is 5. The molecule has 0 fully saturated rings. The van der Waals surface area contributed by atoms with Crippen LogP contribution >= 0.6 is 11.6 Å².